The van der Waals surface area contributed by atoms with Crippen molar-refractivity contribution in [3.63, 3.8) is 0 Å². The van der Waals surface area contributed by atoms with Gasteiger partial charge in [-0.1, -0.05) is 34.6 Å². The first-order valence-electron chi connectivity index (χ1n) is 8.01. The van der Waals surface area contributed by atoms with Crippen molar-refractivity contribution >= 4 is 13.5 Å². The summed E-state index contributed by atoms with van der Waals surface area (Å²) < 4.78 is 29.5. The lowest BCUT2D eigenvalue weighted by Gasteiger charge is -2.26. The highest BCUT2D eigenvalue weighted by atomic mass is 31.2. The highest BCUT2D eigenvalue weighted by Gasteiger charge is 2.41. The Hall–Kier alpha value is -0.420. The van der Waals surface area contributed by atoms with E-state index in [1.807, 2.05) is 34.6 Å². The Kier molecular flexibility index (Phi) is 7.53. The van der Waals surface area contributed by atoms with Crippen molar-refractivity contribution < 1.29 is 23.1 Å². The van der Waals surface area contributed by atoms with Crippen LogP contribution in [0.4, 0.5) is 0 Å². The maximum Gasteiger partial charge on any atom is 0.333 e. The molecule has 1 aliphatic heterocycles. The van der Waals surface area contributed by atoms with Crippen LogP contribution in [0.5, 0.6) is 0 Å². The first-order valence-corrected chi connectivity index (χ1v) is 9.62. The number of amides is 1. The lowest BCUT2D eigenvalue weighted by molar-refractivity contribution is -0.143. The number of carbonyl (C=O) groups is 1. The molecule has 0 aliphatic carbocycles. The van der Waals surface area contributed by atoms with Gasteiger partial charge in [0, 0.05) is 19.4 Å². The molecule has 1 rings (SSSR count). The van der Waals surface area contributed by atoms with Crippen molar-refractivity contribution in [3.8, 4) is 0 Å². The molecule has 22 heavy (non-hydrogen) atoms. The van der Waals surface area contributed by atoms with Gasteiger partial charge in [-0.3, -0.25) is 9.36 Å². The highest BCUT2D eigenvalue weighted by molar-refractivity contribution is 7.54. The summed E-state index contributed by atoms with van der Waals surface area (Å²) in [5, 5.41) is 0. The number of carbonyl (C=O) groups excluding carboxylic acids is 1. The molecule has 1 amide bonds. The van der Waals surface area contributed by atoms with E-state index in [2.05, 4.69) is 0 Å². The van der Waals surface area contributed by atoms with E-state index in [0.29, 0.717) is 19.6 Å². The second kappa shape index (κ2) is 8.44. The molecule has 0 N–H and O–H groups in total. The van der Waals surface area contributed by atoms with Crippen molar-refractivity contribution in [1.82, 2.24) is 4.90 Å². The lowest BCUT2D eigenvalue weighted by Crippen LogP contribution is -2.39. The standard InChI is InChI=1S/C15H30NO5P/c1-7-8-20-22(18,12(4)5)21-13-9-14(19-6)16(10-13)15(17)11(2)3/h11-14H,7-10H2,1-6H3. The van der Waals surface area contributed by atoms with Gasteiger partial charge in [-0.05, 0) is 6.42 Å². The molecule has 0 spiro atoms. The molecule has 0 radical (unpaired) electrons. The van der Waals surface area contributed by atoms with Crippen molar-refractivity contribution in [1.29, 1.82) is 0 Å². The molecule has 6 nitrogen and oxygen atoms in total. The summed E-state index contributed by atoms with van der Waals surface area (Å²) in [5.74, 6) is -0.0866. The largest absolute Gasteiger partial charge is 0.361 e. The van der Waals surface area contributed by atoms with E-state index in [-0.39, 0.29) is 29.8 Å². The molecule has 0 bridgehead atoms. The van der Waals surface area contributed by atoms with Crippen molar-refractivity contribution in [2.45, 2.75) is 65.5 Å². The number of rotatable bonds is 8. The van der Waals surface area contributed by atoms with Crippen LogP contribution in [0.3, 0.4) is 0 Å². The third kappa shape index (κ3) is 4.79. The van der Waals surface area contributed by atoms with Gasteiger partial charge in [0.05, 0.1) is 24.9 Å². The summed E-state index contributed by atoms with van der Waals surface area (Å²) in [6, 6.07) is 0. The molecule has 1 saturated heterocycles. The monoisotopic (exact) mass is 335 g/mol. The summed E-state index contributed by atoms with van der Waals surface area (Å²) in [7, 11) is -1.60. The lowest BCUT2D eigenvalue weighted by atomic mass is 10.2. The fourth-order valence-corrected chi connectivity index (χ4v) is 3.96. The van der Waals surface area contributed by atoms with Crippen LogP contribution in [0.1, 0.15) is 47.5 Å². The fourth-order valence-electron chi connectivity index (χ4n) is 2.35. The quantitative estimate of drug-likeness (QED) is 0.637. The minimum Gasteiger partial charge on any atom is -0.361 e. The molecule has 3 atom stereocenters. The molecule has 0 saturated carbocycles. The summed E-state index contributed by atoms with van der Waals surface area (Å²) in [6.07, 6.45) is 0.647. The van der Waals surface area contributed by atoms with E-state index in [1.54, 1.807) is 12.0 Å². The molecule has 1 fully saturated rings. The van der Waals surface area contributed by atoms with Gasteiger partial charge < -0.3 is 18.7 Å². The Morgan fingerprint density at radius 2 is 1.95 bits per heavy atom. The first kappa shape index (κ1) is 19.6. The van der Waals surface area contributed by atoms with Gasteiger partial charge in [-0.25, -0.2) is 0 Å². The highest BCUT2D eigenvalue weighted by Crippen LogP contribution is 2.55. The number of ether oxygens (including phenoxy) is 1. The van der Waals surface area contributed by atoms with E-state index >= 15 is 0 Å². The predicted octanol–water partition coefficient (Wildman–Crippen LogP) is 3.26. The van der Waals surface area contributed by atoms with Gasteiger partial charge in [0.25, 0.3) is 0 Å². The van der Waals surface area contributed by atoms with Gasteiger partial charge in [0.15, 0.2) is 0 Å². The molecule has 7 heteroatoms. The number of methoxy groups -OCH3 is 1. The van der Waals surface area contributed by atoms with Crippen LogP contribution in [0.25, 0.3) is 0 Å². The third-order valence-corrected chi connectivity index (χ3v) is 6.06. The SMILES string of the molecule is CCCOP(=O)(OC1CC(OC)N(C(=O)C(C)C)C1)C(C)C. The van der Waals surface area contributed by atoms with Crippen LogP contribution in [0, 0.1) is 5.92 Å². The van der Waals surface area contributed by atoms with Crippen molar-refractivity contribution in [3.05, 3.63) is 0 Å². The summed E-state index contributed by atoms with van der Waals surface area (Å²) >= 11 is 0. The smallest absolute Gasteiger partial charge is 0.333 e. The van der Waals surface area contributed by atoms with Gasteiger partial charge in [0.1, 0.15) is 6.23 Å². The van der Waals surface area contributed by atoms with Crippen LogP contribution in [-0.4, -0.2) is 49.1 Å². The third-order valence-electron chi connectivity index (χ3n) is 3.67. The van der Waals surface area contributed by atoms with Crippen molar-refractivity contribution in [2.24, 2.45) is 5.92 Å². The van der Waals surface area contributed by atoms with Crippen LogP contribution < -0.4 is 0 Å². The topological polar surface area (TPSA) is 65.1 Å². The molecule has 0 aromatic rings. The number of likely N-dealkylation sites (tertiary alicyclic amines) is 1. The average molecular weight is 335 g/mol. The van der Waals surface area contributed by atoms with Gasteiger partial charge in [-0.15, -0.1) is 0 Å². The number of hydrogen-bond donors (Lipinski definition) is 0. The summed E-state index contributed by atoms with van der Waals surface area (Å²) in [5.41, 5.74) is -0.213. The van der Waals surface area contributed by atoms with Crippen LogP contribution in [0.2, 0.25) is 0 Å². The zero-order valence-electron chi connectivity index (χ0n) is 14.6. The van der Waals surface area contributed by atoms with E-state index in [1.165, 1.54) is 0 Å². The minimum atomic E-state index is -3.17. The Labute approximate surface area is 134 Å². The van der Waals surface area contributed by atoms with Crippen LogP contribution in [-0.2, 0) is 23.1 Å². The van der Waals surface area contributed by atoms with Crippen LogP contribution >= 0.6 is 7.60 Å². The fraction of sp³-hybridized carbons (Fsp3) is 0.933. The maximum absolute atomic E-state index is 12.8. The minimum absolute atomic E-state index is 0.0202. The first-order chi connectivity index (χ1) is 10.2. The van der Waals surface area contributed by atoms with Crippen LogP contribution in [0.15, 0.2) is 0 Å². The van der Waals surface area contributed by atoms with E-state index in [9.17, 15) is 9.36 Å². The Balaban J connectivity index is 2.77. The Morgan fingerprint density at radius 3 is 2.41 bits per heavy atom. The van der Waals surface area contributed by atoms with Gasteiger partial charge in [0.2, 0.25) is 5.91 Å². The maximum atomic E-state index is 12.8. The van der Waals surface area contributed by atoms with E-state index < -0.39 is 7.60 Å². The number of hydrogen-bond acceptors (Lipinski definition) is 5. The molecule has 3 unspecified atom stereocenters. The number of nitrogens with zero attached hydrogens (tertiary/aromatic N) is 1. The zero-order valence-corrected chi connectivity index (χ0v) is 15.5. The molecule has 1 heterocycles. The summed E-state index contributed by atoms with van der Waals surface area (Å²) in [6.45, 7) is 10.1. The average Bonchev–Trinajstić information content (AvgIpc) is 2.86. The molecule has 130 valence electrons. The normalized spacial score (nSPS) is 25.0. The summed E-state index contributed by atoms with van der Waals surface area (Å²) in [4.78, 5) is 13.9. The molecule has 0 aromatic carbocycles. The second-order valence-electron chi connectivity index (χ2n) is 6.27. The molecular weight excluding hydrogens is 305 g/mol. The van der Waals surface area contributed by atoms with Gasteiger partial charge >= 0.3 is 7.60 Å². The Bertz CT molecular complexity index is 413. The van der Waals surface area contributed by atoms with E-state index in [4.69, 9.17) is 13.8 Å². The van der Waals surface area contributed by atoms with Gasteiger partial charge in [-0.2, -0.15) is 0 Å². The predicted molar refractivity (Wildman–Crippen MR) is 85.8 cm³/mol. The molecule has 1 aliphatic rings. The zero-order chi connectivity index (χ0) is 16.9. The Morgan fingerprint density at radius 1 is 1.32 bits per heavy atom. The molecular formula is C15H30NO5P. The van der Waals surface area contributed by atoms with Crippen molar-refractivity contribution in [2.75, 3.05) is 20.3 Å². The molecule has 0 aromatic heterocycles. The second-order valence-corrected chi connectivity index (χ2v) is 8.85. The van der Waals surface area contributed by atoms with E-state index in [0.717, 1.165) is 6.42 Å².